The molecule has 0 aromatic heterocycles. The molecule has 0 saturated heterocycles. The van der Waals surface area contributed by atoms with E-state index in [2.05, 4.69) is 0 Å². The minimum absolute atomic E-state index is 0.156. The van der Waals surface area contributed by atoms with Crippen LogP contribution in [0.15, 0.2) is 42.5 Å². The van der Waals surface area contributed by atoms with E-state index >= 15 is 0 Å². The van der Waals surface area contributed by atoms with Gasteiger partial charge < -0.3 is 5.11 Å². The third-order valence-corrected chi connectivity index (χ3v) is 2.76. The summed E-state index contributed by atoms with van der Waals surface area (Å²) in [5.74, 6) is -2.08. The van der Waals surface area contributed by atoms with Gasteiger partial charge in [0.25, 0.3) is 6.43 Å². The zero-order chi connectivity index (χ0) is 14.0. The topological polar surface area (TPSA) is 20.2 Å². The van der Waals surface area contributed by atoms with Crippen LogP contribution in [0.25, 0.3) is 0 Å². The molecular formula is C14H10F4O. The Balaban J connectivity index is 2.27. The molecule has 0 radical (unpaired) electrons. The van der Waals surface area contributed by atoms with Crippen molar-refractivity contribution in [3.63, 3.8) is 0 Å². The van der Waals surface area contributed by atoms with Gasteiger partial charge in [-0.3, -0.25) is 0 Å². The molecular weight excluding hydrogens is 260 g/mol. The molecule has 0 aliphatic heterocycles. The Morgan fingerprint density at radius 2 is 1.26 bits per heavy atom. The fourth-order valence-electron chi connectivity index (χ4n) is 1.70. The molecule has 19 heavy (non-hydrogen) atoms. The van der Waals surface area contributed by atoms with Gasteiger partial charge in [-0.2, -0.15) is 0 Å². The summed E-state index contributed by atoms with van der Waals surface area (Å²) in [7, 11) is 0. The quantitative estimate of drug-likeness (QED) is 0.836. The van der Waals surface area contributed by atoms with Crippen LogP contribution in [-0.4, -0.2) is 5.11 Å². The van der Waals surface area contributed by atoms with E-state index in [1.54, 1.807) is 0 Å². The number of aliphatic hydroxyl groups is 1. The molecule has 100 valence electrons. The first-order chi connectivity index (χ1) is 8.99. The van der Waals surface area contributed by atoms with Gasteiger partial charge in [0.15, 0.2) is 11.6 Å². The molecule has 0 fully saturated rings. The van der Waals surface area contributed by atoms with Gasteiger partial charge >= 0.3 is 0 Å². The van der Waals surface area contributed by atoms with Gasteiger partial charge in [0, 0.05) is 5.56 Å². The van der Waals surface area contributed by atoms with Crippen LogP contribution in [0, 0.1) is 11.6 Å². The van der Waals surface area contributed by atoms with Gasteiger partial charge in [-0.15, -0.1) is 0 Å². The maximum atomic E-state index is 13.0. The van der Waals surface area contributed by atoms with E-state index in [1.807, 2.05) is 0 Å². The van der Waals surface area contributed by atoms with Gasteiger partial charge in [0.1, 0.15) is 6.10 Å². The summed E-state index contributed by atoms with van der Waals surface area (Å²) in [6, 6.07) is 8.04. The Kier molecular flexibility index (Phi) is 3.85. The predicted octanol–water partition coefficient (Wildman–Crippen LogP) is 3.98. The lowest BCUT2D eigenvalue weighted by Gasteiger charge is -2.12. The number of benzene rings is 2. The second-order valence-corrected chi connectivity index (χ2v) is 4.04. The van der Waals surface area contributed by atoms with Crippen LogP contribution >= 0.6 is 0 Å². The lowest BCUT2D eigenvalue weighted by Crippen LogP contribution is -2.01. The zero-order valence-corrected chi connectivity index (χ0v) is 9.66. The van der Waals surface area contributed by atoms with Gasteiger partial charge in [-0.1, -0.05) is 30.3 Å². The highest BCUT2D eigenvalue weighted by Crippen LogP contribution is 2.26. The highest BCUT2D eigenvalue weighted by Gasteiger charge is 2.14. The van der Waals surface area contributed by atoms with E-state index in [1.165, 1.54) is 30.3 Å². The first-order valence-electron chi connectivity index (χ1n) is 5.50. The molecule has 2 aromatic carbocycles. The molecule has 0 aliphatic carbocycles. The van der Waals surface area contributed by atoms with Gasteiger partial charge in [-0.25, -0.2) is 17.6 Å². The highest BCUT2D eigenvalue weighted by atomic mass is 19.3. The fraction of sp³-hybridized carbons (Fsp3) is 0.143. The minimum Gasteiger partial charge on any atom is -0.384 e. The summed E-state index contributed by atoms with van der Waals surface area (Å²) in [5.41, 5.74) is 0.320. The number of aliphatic hydroxyl groups excluding tert-OH is 1. The average molecular weight is 270 g/mol. The number of hydrogen-bond donors (Lipinski definition) is 1. The van der Waals surface area contributed by atoms with E-state index in [-0.39, 0.29) is 11.1 Å². The molecule has 0 heterocycles. The van der Waals surface area contributed by atoms with Crippen molar-refractivity contribution in [1.82, 2.24) is 0 Å². The Hall–Kier alpha value is -1.88. The second-order valence-electron chi connectivity index (χ2n) is 4.04. The van der Waals surface area contributed by atoms with E-state index in [0.717, 1.165) is 12.1 Å². The molecule has 0 aliphatic rings. The Bertz CT molecular complexity index is 566. The SMILES string of the molecule is OC(c1ccc(C(F)F)cc1)c1ccc(F)c(F)c1. The first kappa shape index (κ1) is 13.5. The van der Waals surface area contributed by atoms with E-state index < -0.39 is 24.2 Å². The van der Waals surface area contributed by atoms with Crippen molar-refractivity contribution < 1.29 is 22.7 Å². The molecule has 1 atom stereocenters. The summed E-state index contributed by atoms with van der Waals surface area (Å²) in [6.07, 6.45) is -3.78. The molecule has 0 amide bonds. The average Bonchev–Trinajstić information content (AvgIpc) is 2.41. The summed E-state index contributed by atoms with van der Waals surface area (Å²) in [5, 5.41) is 9.96. The molecule has 0 bridgehead atoms. The fourth-order valence-corrected chi connectivity index (χ4v) is 1.70. The maximum absolute atomic E-state index is 13.0. The van der Waals surface area contributed by atoms with E-state index in [4.69, 9.17) is 0 Å². The van der Waals surface area contributed by atoms with Crippen LogP contribution in [0.1, 0.15) is 29.2 Å². The lowest BCUT2D eigenvalue weighted by atomic mass is 10.0. The van der Waals surface area contributed by atoms with Crippen LogP contribution in [0.5, 0.6) is 0 Å². The number of hydrogen-bond acceptors (Lipinski definition) is 1. The third kappa shape index (κ3) is 2.93. The Morgan fingerprint density at radius 3 is 1.79 bits per heavy atom. The summed E-state index contributed by atoms with van der Waals surface area (Å²) in [4.78, 5) is 0. The van der Waals surface area contributed by atoms with Crippen molar-refractivity contribution in [3.8, 4) is 0 Å². The van der Waals surface area contributed by atoms with Crippen LogP contribution in [0.2, 0.25) is 0 Å². The van der Waals surface area contributed by atoms with Crippen LogP contribution in [0.3, 0.4) is 0 Å². The third-order valence-electron chi connectivity index (χ3n) is 2.76. The largest absolute Gasteiger partial charge is 0.384 e. The van der Waals surface area contributed by atoms with Crippen LogP contribution in [0.4, 0.5) is 17.6 Å². The Morgan fingerprint density at radius 1 is 0.737 bits per heavy atom. The number of halogens is 4. The minimum atomic E-state index is -2.59. The summed E-state index contributed by atoms with van der Waals surface area (Å²) < 4.78 is 50.5. The molecule has 2 rings (SSSR count). The molecule has 1 nitrogen and oxygen atoms in total. The van der Waals surface area contributed by atoms with Crippen molar-refractivity contribution in [3.05, 3.63) is 70.8 Å². The number of alkyl halides is 2. The molecule has 2 aromatic rings. The zero-order valence-electron chi connectivity index (χ0n) is 9.66. The predicted molar refractivity (Wildman–Crippen MR) is 61.8 cm³/mol. The van der Waals surface area contributed by atoms with Crippen LogP contribution < -0.4 is 0 Å². The van der Waals surface area contributed by atoms with E-state index in [0.29, 0.717) is 5.56 Å². The van der Waals surface area contributed by atoms with Crippen molar-refractivity contribution in [1.29, 1.82) is 0 Å². The summed E-state index contributed by atoms with van der Waals surface area (Å²) >= 11 is 0. The van der Waals surface area contributed by atoms with Gasteiger partial charge in [-0.05, 0) is 23.3 Å². The normalized spacial score (nSPS) is 12.7. The number of rotatable bonds is 3. The summed E-state index contributed by atoms with van der Waals surface area (Å²) in [6.45, 7) is 0. The van der Waals surface area contributed by atoms with Crippen molar-refractivity contribution in [2.45, 2.75) is 12.5 Å². The van der Waals surface area contributed by atoms with Crippen molar-refractivity contribution >= 4 is 0 Å². The van der Waals surface area contributed by atoms with E-state index in [9.17, 15) is 22.7 Å². The van der Waals surface area contributed by atoms with Gasteiger partial charge in [0.05, 0.1) is 0 Å². The highest BCUT2D eigenvalue weighted by molar-refractivity contribution is 5.32. The molecule has 0 spiro atoms. The molecule has 0 saturated carbocycles. The smallest absolute Gasteiger partial charge is 0.263 e. The monoisotopic (exact) mass is 270 g/mol. The van der Waals surface area contributed by atoms with Crippen LogP contribution in [-0.2, 0) is 0 Å². The van der Waals surface area contributed by atoms with Gasteiger partial charge in [0.2, 0.25) is 0 Å². The molecule has 5 heteroatoms. The first-order valence-corrected chi connectivity index (χ1v) is 5.50. The molecule has 1 N–H and O–H groups in total. The molecule has 1 unspecified atom stereocenters. The standard InChI is InChI=1S/C14H10F4O/c15-11-6-5-10(7-12(11)16)13(19)8-1-3-9(4-2-8)14(17)18/h1-7,13-14,19H. The maximum Gasteiger partial charge on any atom is 0.263 e. The lowest BCUT2D eigenvalue weighted by molar-refractivity contribution is 0.151. The van der Waals surface area contributed by atoms with Crippen molar-refractivity contribution in [2.75, 3.05) is 0 Å². The van der Waals surface area contributed by atoms with Crippen molar-refractivity contribution in [2.24, 2.45) is 0 Å². The Labute approximate surface area is 107 Å². The second kappa shape index (κ2) is 5.40.